The summed E-state index contributed by atoms with van der Waals surface area (Å²) in [7, 11) is 1.89. The summed E-state index contributed by atoms with van der Waals surface area (Å²) in [5, 5.41) is 11.2. The van der Waals surface area contributed by atoms with Crippen LogP contribution in [0.1, 0.15) is 45.1 Å². The van der Waals surface area contributed by atoms with Crippen LogP contribution in [-0.4, -0.2) is 65.3 Å². The first kappa shape index (κ1) is 26.5. The van der Waals surface area contributed by atoms with Gasteiger partial charge in [-0.2, -0.15) is 15.2 Å². The molecule has 0 bridgehead atoms. The molecule has 9 nitrogen and oxygen atoms in total. The average molecular weight is 562 g/mol. The number of aromatic nitrogens is 3. The Morgan fingerprint density at radius 3 is 2.67 bits per heavy atom. The minimum atomic E-state index is -0.612. The van der Waals surface area contributed by atoms with E-state index < -0.39 is 5.82 Å². The number of nitriles is 1. The summed E-state index contributed by atoms with van der Waals surface area (Å²) >= 11 is 1.29. The van der Waals surface area contributed by atoms with Crippen molar-refractivity contribution in [2.75, 3.05) is 50.5 Å². The Hall–Kier alpha value is -3.75. The highest BCUT2D eigenvalue weighted by atomic mass is 32.1. The zero-order chi connectivity index (χ0) is 28.0. The van der Waals surface area contributed by atoms with Gasteiger partial charge in [0.15, 0.2) is 5.82 Å². The minimum absolute atomic E-state index is 0.0107. The molecule has 2 fully saturated rings. The number of likely N-dealkylation sites (N-methyl/N-ethyl adjacent to an activating group) is 1. The molecule has 0 unspecified atom stereocenters. The predicted molar refractivity (Wildman–Crippen MR) is 156 cm³/mol. The number of hydrogen-bond donors (Lipinski definition) is 1. The Kier molecular flexibility index (Phi) is 6.84. The van der Waals surface area contributed by atoms with Gasteiger partial charge in [-0.1, -0.05) is 26.0 Å². The third kappa shape index (κ3) is 4.09. The van der Waals surface area contributed by atoms with E-state index in [0.717, 1.165) is 43.5 Å². The van der Waals surface area contributed by atoms with E-state index >= 15 is 4.39 Å². The van der Waals surface area contributed by atoms with Crippen molar-refractivity contribution in [2.45, 2.75) is 45.1 Å². The first-order valence-corrected chi connectivity index (χ1v) is 14.7. The van der Waals surface area contributed by atoms with Gasteiger partial charge < -0.3 is 20.1 Å². The van der Waals surface area contributed by atoms with Crippen LogP contribution in [0.4, 0.5) is 15.2 Å². The second kappa shape index (κ2) is 10.3. The molecule has 0 atom stereocenters. The van der Waals surface area contributed by atoms with E-state index in [0.29, 0.717) is 52.5 Å². The maximum Gasteiger partial charge on any atom is 0.319 e. The van der Waals surface area contributed by atoms with E-state index in [9.17, 15) is 5.26 Å². The van der Waals surface area contributed by atoms with Crippen molar-refractivity contribution in [3.8, 4) is 29.2 Å². The van der Waals surface area contributed by atoms with Gasteiger partial charge in [-0.15, -0.1) is 11.3 Å². The number of thiophene rings is 1. The van der Waals surface area contributed by atoms with Crippen LogP contribution in [0.15, 0.2) is 18.2 Å². The maximum atomic E-state index is 16.4. The highest BCUT2D eigenvalue weighted by Crippen LogP contribution is 2.44. The number of nitrogens with two attached hydrogens (primary N) is 1. The molecule has 3 aliphatic rings. The molecule has 11 heteroatoms. The standard InChI is InChI=1S/C27H26FN7O2S.C2H6/c1-34-11-12-36-25-19-22(32-26(33-24(19)34)37-14-27-7-3-9-35(27)10-4-8-27)20(28)21(31-25)15-5-2-6-17-18(15)16(13-29)23(30)38-17;1-2/h2,5-6H,3-4,7-12,14,30H2,1H3;1-2H3. The summed E-state index contributed by atoms with van der Waals surface area (Å²) in [6.07, 6.45) is 4.48. The Morgan fingerprint density at radius 1 is 1.15 bits per heavy atom. The molecule has 0 saturated carbocycles. The Morgan fingerprint density at radius 2 is 1.93 bits per heavy atom. The second-order valence-corrected chi connectivity index (χ2v) is 11.3. The van der Waals surface area contributed by atoms with E-state index in [1.807, 2.05) is 31.9 Å². The molecule has 208 valence electrons. The highest BCUT2D eigenvalue weighted by Gasteiger charge is 2.45. The summed E-state index contributed by atoms with van der Waals surface area (Å²) in [4.78, 5) is 18.3. The third-order valence-corrected chi connectivity index (χ3v) is 9.11. The lowest BCUT2D eigenvalue weighted by molar-refractivity contribution is 0.108. The second-order valence-electron chi connectivity index (χ2n) is 10.2. The largest absolute Gasteiger partial charge is 0.475 e. The van der Waals surface area contributed by atoms with Gasteiger partial charge in [-0.05, 0) is 44.8 Å². The van der Waals surface area contributed by atoms with Gasteiger partial charge in [-0.3, -0.25) is 4.90 Å². The van der Waals surface area contributed by atoms with Crippen molar-refractivity contribution in [2.24, 2.45) is 0 Å². The molecule has 3 aromatic heterocycles. The molecule has 0 amide bonds. The van der Waals surface area contributed by atoms with E-state index in [-0.39, 0.29) is 28.6 Å². The fourth-order valence-corrected chi connectivity index (χ4v) is 7.19. The maximum absolute atomic E-state index is 16.4. The summed E-state index contributed by atoms with van der Waals surface area (Å²) < 4.78 is 29.4. The van der Waals surface area contributed by atoms with Gasteiger partial charge in [0, 0.05) is 22.7 Å². The number of fused-ring (bicyclic) bond motifs is 2. The van der Waals surface area contributed by atoms with E-state index in [4.69, 9.17) is 20.2 Å². The van der Waals surface area contributed by atoms with Gasteiger partial charge in [0.05, 0.1) is 17.6 Å². The van der Waals surface area contributed by atoms with Crippen LogP contribution in [-0.2, 0) is 0 Å². The zero-order valence-corrected chi connectivity index (χ0v) is 23.8. The number of halogens is 1. The molecular formula is C29H32FN7O2S. The molecule has 2 N–H and O–H groups in total. The lowest BCUT2D eigenvalue weighted by Crippen LogP contribution is -2.43. The molecule has 40 heavy (non-hydrogen) atoms. The highest BCUT2D eigenvalue weighted by molar-refractivity contribution is 7.23. The van der Waals surface area contributed by atoms with Crippen LogP contribution in [0.3, 0.4) is 0 Å². The molecule has 0 spiro atoms. The van der Waals surface area contributed by atoms with Crippen LogP contribution < -0.4 is 20.1 Å². The van der Waals surface area contributed by atoms with Crippen molar-refractivity contribution in [3.63, 3.8) is 0 Å². The lowest BCUT2D eigenvalue weighted by Gasteiger charge is -2.31. The number of anilines is 2. The molecule has 0 radical (unpaired) electrons. The molecule has 1 aromatic carbocycles. The van der Waals surface area contributed by atoms with Gasteiger partial charge in [0.25, 0.3) is 0 Å². The van der Waals surface area contributed by atoms with Crippen LogP contribution in [0, 0.1) is 17.1 Å². The number of pyridine rings is 1. The van der Waals surface area contributed by atoms with Crippen LogP contribution >= 0.6 is 11.3 Å². The predicted octanol–water partition coefficient (Wildman–Crippen LogP) is 5.36. The quantitative estimate of drug-likeness (QED) is 0.352. The Balaban J connectivity index is 0.00000142. The average Bonchev–Trinajstić information content (AvgIpc) is 3.62. The smallest absolute Gasteiger partial charge is 0.319 e. The summed E-state index contributed by atoms with van der Waals surface area (Å²) in [5.41, 5.74) is 7.06. The van der Waals surface area contributed by atoms with Gasteiger partial charge >= 0.3 is 6.01 Å². The van der Waals surface area contributed by atoms with Crippen molar-refractivity contribution < 1.29 is 13.9 Å². The monoisotopic (exact) mass is 561 g/mol. The zero-order valence-electron chi connectivity index (χ0n) is 23.0. The SMILES string of the molecule is CC.CN1CCOc2nc(-c3cccc4sc(N)c(C#N)c34)c(F)c3nc(OCC45CCCN4CCC5)nc1c23. The normalized spacial score (nSPS) is 17.6. The molecule has 3 aliphatic heterocycles. The summed E-state index contributed by atoms with van der Waals surface area (Å²) in [6, 6.07) is 7.73. The fraction of sp³-hybridized carbons (Fsp3) is 0.448. The van der Waals surface area contributed by atoms with Gasteiger partial charge in [-0.25, -0.2) is 9.37 Å². The van der Waals surface area contributed by atoms with Crippen LogP contribution in [0.25, 0.3) is 32.2 Å². The molecular weight excluding hydrogens is 529 g/mol. The number of hydrogen-bond acceptors (Lipinski definition) is 10. The minimum Gasteiger partial charge on any atom is -0.475 e. The van der Waals surface area contributed by atoms with Crippen LogP contribution in [0.5, 0.6) is 11.9 Å². The third-order valence-electron chi connectivity index (χ3n) is 8.13. The first-order valence-electron chi connectivity index (χ1n) is 13.8. The number of benzene rings is 1. The fourth-order valence-electron chi connectivity index (χ4n) is 6.25. The number of ether oxygens (including phenoxy) is 2. The van der Waals surface area contributed by atoms with Crippen molar-refractivity contribution in [1.82, 2.24) is 19.9 Å². The van der Waals surface area contributed by atoms with E-state index in [1.165, 1.54) is 11.3 Å². The molecule has 6 heterocycles. The topological polar surface area (TPSA) is 113 Å². The summed E-state index contributed by atoms with van der Waals surface area (Å²) in [6.45, 7) is 7.55. The first-order chi connectivity index (χ1) is 19.5. The van der Waals surface area contributed by atoms with Crippen molar-refractivity contribution in [1.29, 1.82) is 5.26 Å². The van der Waals surface area contributed by atoms with Gasteiger partial charge in [0.2, 0.25) is 5.88 Å². The van der Waals surface area contributed by atoms with E-state index in [1.54, 1.807) is 12.1 Å². The molecule has 4 aromatic rings. The number of nitrogens with zero attached hydrogens (tertiary/aromatic N) is 6. The molecule has 0 aliphatic carbocycles. The van der Waals surface area contributed by atoms with Crippen molar-refractivity contribution in [3.05, 3.63) is 29.6 Å². The van der Waals surface area contributed by atoms with Crippen molar-refractivity contribution >= 4 is 43.1 Å². The number of rotatable bonds is 4. The molecule has 7 rings (SSSR count). The van der Waals surface area contributed by atoms with E-state index in [2.05, 4.69) is 20.9 Å². The lowest BCUT2D eigenvalue weighted by atomic mass is 9.95. The number of nitrogen functional groups attached to an aromatic ring is 1. The Labute approximate surface area is 236 Å². The van der Waals surface area contributed by atoms with Crippen LogP contribution in [0.2, 0.25) is 0 Å². The van der Waals surface area contributed by atoms with Gasteiger partial charge in [0.1, 0.15) is 46.7 Å². The summed E-state index contributed by atoms with van der Waals surface area (Å²) in [5.74, 6) is 0.176. The Bertz CT molecular complexity index is 1640. The molecule has 2 saturated heterocycles.